The van der Waals surface area contributed by atoms with E-state index >= 15 is 0 Å². The number of piperidine rings is 1. The molecule has 4 atom stereocenters. The van der Waals surface area contributed by atoms with E-state index < -0.39 is 0 Å². The zero-order valence-electron chi connectivity index (χ0n) is 15.2. The number of fused-ring (bicyclic) bond motifs is 1. The highest BCUT2D eigenvalue weighted by Gasteiger charge is 2.57. The summed E-state index contributed by atoms with van der Waals surface area (Å²) in [6.07, 6.45) is 2.70. The van der Waals surface area contributed by atoms with Crippen molar-refractivity contribution in [1.82, 2.24) is 4.90 Å². The molecule has 0 aromatic heterocycles. The van der Waals surface area contributed by atoms with E-state index in [9.17, 15) is 4.79 Å². The monoisotopic (exact) mass is 338 g/mol. The lowest BCUT2D eigenvalue weighted by atomic mass is 9.87. The molecule has 132 valence electrons. The maximum atomic E-state index is 12.9. The molecule has 1 aromatic rings. The van der Waals surface area contributed by atoms with Crippen LogP contribution in [0.2, 0.25) is 0 Å². The Morgan fingerprint density at radius 3 is 2.40 bits per heavy atom. The Morgan fingerprint density at radius 1 is 1.20 bits per heavy atom. The van der Waals surface area contributed by atoms with Crippen molar-refractivity contribution in [2.24, 2.45) is 23.5 Å². The molecule has 0 bridgehead atoms. The van der Waals surface area contributed by atoms with Crippen LogP contribution in [0, 0.1) is 17.8 Å². The van der Waals surface area contributed by atoms with E-state index in [0.29, 0.717) is 23.7 Å². The summed E-state index contributed by atoms with van der Waals surface area (Å²) in [5, 5.41) is 0. The van der Waals surface area contributed by atoms with Gasteiger partial charge in [-0.3, -0.25) is 4.79 Å². The fourth-order valence-corrected chi connectivity index (χ4v) is 4.49. The molecule has 1 saturated heterocycles. The number of likely N-dealkylation sites (tertiary alicyclic amines) is 1. The van der Waals surface area contributed by atoms with Crippen molar-refractivity contribution in [3.05, 3.63) is 52.7 Å². The minimum Gasteiger partial charge on any atom is -0.497 e. The molecular weight excluding hydrogens is 312 g/mol. The zero-order chi connectivity index (χ0) is 17.7. The predicted octanol–water partition coefficient (Wildman–Crippen LogP) is 3.07. The van der Waals surface area contributed by atoms with Crippen molar-refractivity contribution in [3.63, 3.8) is 0 Å². The van der Waals surface area contributed by atoms with Gasteiger partial charge in [-0.15, -0.1) is 0 Å². The first-order chi connectivity index (χ1) is 12.0. The summed E-state index contributed by atoms with van der Waals surface area (Å²) in [5.74, 6) is 3.24. The first-order valence-corrected chi connectivity index (χ1v) is 9.09. The van der Waals surface area contributed by atoms with Crippen molar-refractivity contribution < 1.29 is 9.53 Å². The number of allylic oxidation sites excluding steroid dienone is 2. The van der Waals surface area contributed by atoms with E-state index in [4.69, 9.17) is 10.5 Å². The van der Waals surface area contributed by atoms with E-state index in [-0.39, 0.29) is 5.91 Å². The summed E-state index contributed by atoms with van der Waals surface area (Å²) in [6, 6.07) is 8.37. The fourth-order valence-electron chi connectivity index (χ4n) is 4.49. The molecule has 0 radical (unpaired) electrons. The topological polar surface area (TPSA) is 55.6 Å². The summed E-state index contributed by atoms with van der Waals surface area (Å²) in [6.45, 7) is 5.94. The van der Waals surface area contributed by atoms with Gasteiger partial charge >= 0.3 is 0 Å². The summed E-state index contributed by atoms with van der Waals surface area (Å²) in [4.78, 5) is 14.9. The van der Waals surface area contributed by atoms with E-state index in [1.54, 1.807) is 7.11 Å². The highest BCUT2D eigenvalue weighted by molar-refractivity contribution is 5.94. The molecule has 2 fully saturated rings. The minimum atomic E-state index is 0.183. The lowest BCUT2D eigenvalue weighted by Gasteiger charge is -2.26. The highest BCUT2D eigenvalue weighted by atomic mass is 16.5. The van der Waals surface area contributed by atoms with Crippen molar-refractivity contribution in [3.8, 4) is 5.75 Å². The van der Waals surface area contributed by atoms with Crippen molar-refractivity contribution in [1.29, 1.82) is 0 Å². The second-order valence-corrected chi connectivity index (χ2v) is 7.75. The average molecular weight is 338 g/mol. The molecule has 1 heterocycles. The molecule has 0 spiro atoms. The lowest BCUT2D eigenvalue weighted by molar-refractivity contribution is -0.126. The number of ether oxygens (including phenoxy) is 1. The Labute approximate surface area is 149 Å². The smallest absolute Gasteiger partial charge is 0.249 e. The van der Waals surface area contributed by atoms with Crippen LogP contribution in [0.15, 0.2) is 47.2 Å². The Bertz CT molecular complexity index is 751. The van der Waals surface area contributed by atoms with Crippen LogP contribution in [-0.2, 0) is 4.79 Å². The second kappa shape index (κ2) is 5.94. The summed E-state index contributed by atoms with van der Waals surface area (Å²) >= 11 is 0. The maximum absolute atomic E-state index is 12.9. The third kappa shape index (κ3) is 2.74. The number of methoxy groups -OCH3 is 1. The van der Waals surface area contributed by atoms with Gasteiger partial charge in [0.05, 0.1) is 7.11 Å². The van der Waals surface area contributed by atoms with Crippen LogP contribution in [0.3, 0.4) is 0 Å². The van der Waals surface area contributed by atoms with Gasteiger partial charge in [0.2, 0.25) is 5.91 Å². The van der Waals surface area contributed by atoms with E-state index in [1.807, 2.05) is 23.1 Å². The molecule has 1 saturated carbocycles. The van der Waals surface area contributed by atoms with Crippen LogP contribution in [-0.4, -0.2) is 31.0 Å². The molecule has 4 rings (SSSR count). The number of carbonyl (C=O) groups is 1. The number of rotatable bonds is 3. The standard InChI is InChI=1S/C21H26N2O2/c1-12-8-15(9-19(22)13(12)2)21(24)23-10-17-18(11-23)20(17)14-4-6-16(25-3)7-5-14/h4-7,9,12,17-18,20H,8,10-11,22H2,1-3H3/t12?,17-,18+,20?. The first-order valence-electron chi connectivity index (χ1n) is 9.09. The lowest BCUT2D eigenvalue weighted by Crippen LogP contribution is -2.34. The van der Waals surface area contributed by atoms with Gasteiger partial charge < -0.3 is 15.4 Å². The fraction of sp³-hybridized carbons (Fsp3) is 0.476. The molecule has 25 heavy (non-hydrogen) atoms. The minimum absolute atomic E-state index is 0.183. The Balaban J connectivity index is 1.41. The summed E-state index contributed by atoms with van der Waals surface area (Å²) < 4.78 is 5.23. The van der Waals surface area contributed by atoms with Gasteiger partial charge in [0.25, 0.3) is 0 Å². The summed E-state index contributed by atoms with van der Waals surface area (Å²) in [7, 11) is 1.69. The number of carbonyl (C=O) groups excluding carboxylic acids is 1. The Morgan fingerprint density at radius 2 is 1.84 bits per heavy atom. The van der Waals surface area contributed by atoms with Crippen LogP contribution in [0.5, 0.6) is 5.75 Å². The van der Waals surface area contributed by atoms with Gasteiger partial charge in [-0.1, -0.05) is 19.1 Å². The molecule has 2 unspecified atom stereocenters. The number of benzene rings is 1. The maximum Gasteiger partial charge on any atom is 0.249 e. The number of nitrogens with two attached hydrogens (primary N) is 1. The van der Waals surface area contributed by atoms with Crippen molar-refractivity contribution >= 4 is 5.91 Å². The van der Waals surface area contributed by atoms with Crippen LogP contribution >= 0.6 is 0 Å². The number of amides is 1. The summed E-state index contributed by atoms with van der Waals surface area (Å²) in [5.41, 5.74) is 10.3. The molecule has 4 nitrogen and oxygen atoms in total. The Kier molecular flexibility index (Phi) is 3.86. The second-order valence-electron chi connectivity index (χ2n) is 7.75. The molecular formula is C21H26N2O2. The van der Waals surface area contributed by atoms with Gasteiger partial charge in [-0.25, -0.2) is 0 Å². The number of hydrogen-bond acceptors (Lipinski definition) is 3. The molecule has 1 aromatic carbocycles. The average Bonchev–Trinajstić information content (AvgIpc) is 3.11. The van der Waals surface area contributed by atoms with Crippen molar-refractivity contribution in [2.75, 3.05) is 20.2 Å². The van der Waals surface area contributed by atoms with Crippen molar-refractivity contribution in [2.45, 2.75) is 26.2 Å². The Hall–Kier alpha value is -2.23. The van der Waals surface area contributed by atoms with Crippen LogP contribution in [0.4, 0.5) is 0 Å². The van der Waals surface area contributed by atoms with E-state index in [1.165, 1.54) is 11.1 Å². The zero-order valence-corrected chi connectivity index (χ0v) is 15.2. The van der Waals surface area contributed by atoms with Crippen LogP contribution in [0.1, 0.15) is 31.7 Å². The normalized spacial score (nSPS) is 30.8. The quantitative estimate of drug-likeness (QED) is 0.921. The van der Waals surface area contributed by atoms with Crippen LogP contribution in [0.25, 0.3) is 0 Å². The van der Waals surface area contributed by atoms with Gasteiger partial charge in [-0.2, -0.15) is 0 Å². The molecule has 4 heteroatoms. The van der Waals surface area contributed by atoms with Crippen LogP contribution < -0.4 is 10.5 Å². The molecule has 1 aliphatic heterocycles. The molecule has 2 aliphatic carbocycles. The number of hydrogen-bond donors (Lipinski definition) is 1. The SMILES string of the molecule is COc1ccc(C2[C@H]3CN(C(=O)C4=CC(N)=C(C)C(C)C4)C[C@@H]23)cc1. The first kappa shape index (κ1) is 16.2. The predicted molar refractivity (Wildman–Crippen MR) is 98.0 cm³/mol. The van der Waals surface area contributed by atoms with Gasteiger partial charge in [-0.05, 0) is 66.4 Å². The highest BCUT2D eigenvalue weighted by Crippen LogP contribution is 2.58. The molecule has 2 N–H and O–H groups in total. The van der Waals surface area contributed by atoms with Gasteiger partial charge in [0.15, 0.2) is 0 Å². The molecule has 1 amide bonds. The number of nitrogens with zero attached hydrogens (tertiary/aromatic N) is 1. The van der Waals surface area contributed by atoms with Gasteiger partial charge in [0.1, 0.15) is 5.75 Å². The third-order valence-electron chi connectivity index (χ3n) is 6.31. The van der Waals surface area contributed by atoms with Gasteiger partial charge in [0, 0.05) is 24.4 Å². The third-order valence-corrected chi connectivity index (χ3v) is 6.31. The largest absolute Gasteiger partial charge is 0.497 e. The van der Waals surface area contributed by atoms with E-state index in [0.717, 1.165) is 36.5 Å². The molecule has 3 aliphatic rings. The van der Waals surface area contributed by atoms with E-state index in [2.05, 4.69) is 26.0 Å².